The van der Waals surface area contributed by atoms with Crippen LogP contribution in [0.1, 0.15) is 51.0 Å². The van der Waals surface area contributed by atoms with Crippen molar-refractivity contribution in [1.82, 2.24) is 9.97 Å². The van der Waals surface area contributed by atoms with Gasteiger partial charge in [-0.2, -0.15) is 0 Å². The fourth-order valence-electron chi connectivity index (χ4n) is 2.57. The zero-order valence-corrected chi connectivity index (χ0v) is 12.3. The molecule has 106 valence electrons. The Balaban J connectivity index is 2.27. The van der Waals surface area contributed by atoms with Crippen LogP contribution in [-0.2, 0) is 4.74 Å². The summed E-state index contributed by atoms with van der Waals surface area (Å²) in [5, 5.41) is -0.481. The van der Waals surface area contributed by atoms with Crippen LogP contribution in [0.4, 0.5) is 4.39 Å². The van der Waals surface area contributed by atoms with Crippen molar-refractivity contribution in [3.63, 3.8) is 0 Å². The van der Waals surface area contributed by atoms with E-state index in [1.54, 1.807) is 0 Å². The van der Waals surface area contributed by atoms with Gasteiger partial charge in [0.25, 0.3) is 0 Å². The lowest BCUT2D eigenvalue weighted by Crippen LogP contribution is -2.21. The first-order valence-electron chi connectivity index (χ1n) is 6.63. The molecule has 0 N–H and O–H groups in total. The number of rotatable bonds is 4. The summed E-state index contributed by atoms with van der Waals surface area (Å²) in [7, 11) is 0. The topological polar surface area (TPSA) is 35.0 Å². The van der Waals surface area contributed by atoms with E-state index in [2.05, 4.69) is 9.97 Å². The molecule has 0 amide bonds. The van der Waals surface area contributed by atoms with E-state index in [9.17, 15) is 4.39 Å². The van der Waals surface area contributed by atoms with Gasteiger partial charge in [-0.05, 0) is 25.7 Å². The molecule has 3 nitrogen and oxygen atoms in total. The Morgan fingerprint density at radius 3 is 2.32 bits per heavy atom. The number of hydrogen-bond donors (Lipinski definition) is 0. The Labute approximate surface area is 122 Å². The Morgan fingerprint density at radius 2 is 1.79 bits per heavy atom. The molecule has 0 saturated heterocycles. The number of ether oxygens (including phenoxy) is 1. The van der Waals surface area contributed by atoms with Gasteiger partial charge < -0.3 is 4.74 Å². The van der Waals surface area contributed by atoms with Gasteiger partial charge in [0.15, 0.2) is 21.9 Å². The van der Waals surface area contributed by atoms with E-state index < -0.39 is 5.82 Å². The van der Waals surface area contributed by atoms with Crippen LogP contribution in [0, 0.1) is 11.7 Å². The highest BCUT2D eigenvalue weighted by Gasteiger charge is 2.29. The summed E-state index contributed by atoms with van der Waals surface area (Å²) in [6.07, 6.45) is 5.50. The molecule has 6 heteroatoms. The highest BCUT2D eigenvalue weighted by Crippen LogP contribution is 2.36. The SMILES string of the molecule is CCOC(c1nc(Cl)c(F)c(Cl)n1)C1CCCCC1. The van der Waals surface area contributed by atoms with Gasteiger partial charge in [-0.3, -0.25) is 0 Å². The van der Waals surface area contributed by atoms with Gasteiger partial charge >= 0.3 is 0 Å². The van der Waals surface area contributed by atoms with Crippen LogP contribution in [0.15, 0.2) is 0 Å². The number of halogens is 3. The second-order valence-electron chi connectivity index (χ2n) is 4.75. The first kappa shape index (κ1) is 14.9. The first-order valence-corrected chi connectivity index (χ1v) is 7.39. The van der Waals surface area contributed by atoms with Crippen LogP contribution in [-0.4, -0.2) is 16.6 Å². The van der Waals surface area contributed by atoms with Crippen LogP contribution in [0.5, 0.6) is 0 Å². The van der Waals surface area contributed by atoms with Crippen molar-refractivity contribution in [3.8, 4) is 0 Å². The number of aromatic nitrogens is 2. The zero-order chi connectivity index (χ0) is 13.8. The lowest BCUT2D eigenvalue weighted by Gasteiger charge is -2.29. The van der Waals surface area contributed by atoms with Gasteiger partial charge in [-0.15, -0.1) is 0 Å². The average Bonchev–Trinajstić information content (AvgIpc) is 2.42. The molecule has 1 atom stereocenters. The van der Waals surface area contributed by atoms with E-state index in [1.807, 2.05) is 6.92 Å². The van der Waals surface area contributed by atoms with Gasteiger partial charge in [0.2, 0.25) is 0 Å². The van der Waals surface area contributed by atoms with Crippen molar-refractivity contribution >= 4 is 23.2 Å². The van der Waals surface area contributed by atoms with Crippen LogP contribution in [0.25, 0.3) is 0 Å². The summed E-state index contributed by atoms with van der Waals surface area (Å²) < 4.78 is 19.1. The van der Waals surface area contributed by atoms with E-state index in [0.717, 1.165) is 12.8 Å². The van der Waals surface area contributed by atoms with Gasteiger partial charge in [0.05, 0.1) is 0 Å². The number of hydrogen-bond acceptors (Lipinski definition) is 3. The molecule has 2 rings (SSSR count). The molecule has 19 heavy (non-hydrogen) atoms. The van der Waals surface area contributed by atoms with E-state index in [0.29, 0.717) is 18.3 Å². The smallest absolute Gasteiger partial charge is 0.197 e. The highest BCUT2D eigenvalue weighted by atomic mass is 35.5. The van der Waals surface area contributed by atoms with E-state index in [1.165, 1.54) is 19.3 Å². The molecular weight excluding hydrogens is 290 g/mol. The molecule has 0 bridgehead atoms. The standard InChI is InChI=1S/C13H17Cl2FN2O/c1-2-19-10(8-6-4-3-5-7-8)13-17-11(14)9(16)12(15)18-13/h8,10H,2-7H2,1H3. The second kappa shape index (κ2) is 6.82. The minimum atomic E-state index is -0.772. The normalized spacial score (nSPS) is 18.5. The van der Waals surface area contributed by atoms with Gasteiger partial charge in [-0.25, -0.2) is 14.4 Å². The Morgan fingerprint density at radius 1 is 1.21 bits per heavy atom. The van der Waals surface area contributed by atoms with Gasteiger partial charge in [-0.1, -0.05) is 42.5 Å². The van der Waals surface area contributed by atoms with Crippen molar-refractivity contribution < 1.29 is 9.13 Å². The third kappa shape index (κ3) is 3.56. The third-order valence-electron chi connectivity index (χ3n) is 3.47. The minimum Gasteiger partial charge on any atom is -0.370 e. The van der Waals surface area contributed by atoms with Crippen LogP contribution >= 0.6 is 23.2 Å². The van der Waals surface area contributed by atoms with Crippen molar-refractivity contribution in [2.75, 3.05) is 6.61 Å². The fourth-order valence-corrected chi connectivity index (χ4v) is 2.98. The summed E-state index contributed by atoms with van der Waals surface area (Å²) in [4.78, 5) is 8.00. The quantitative estimate of drug-likeness (QED) is 0.764. The largest absolute Gasteiger partial charge is 0.370 e. The summed E-state index contributed by atoms with van der Waals surface area (Å²) in [6, 6.07) is 0. The molecule has 1 heterocycles. The van der Waals surface area contributed by atoms with E-state index >= 15 is 0 Å². The molecule has 0 spiro atoms. The highest BCUT2D eigenvalue weighted by molar-refractivity contribution is 6.33. The molecule has 1 fully saturated rings. The summed E-state index contributed by atoms with van der Waals surface area (Å²) in [5.74, 6) is -0.0255. The first-order chi connectivity index (χ1) is 9.13. The second-order valence-corrected chi connectivity index (χ2v) is 5.47. The van der Waals surface area contributed by atoms with Crippen LogP contribution < -0.4 is 0 Å². The van der Waals surface area contributed by atoms with Crippen molar-refractivity contribution in [2.24, 2.45) is 5.92 Å². The molecule has 0 aliphatic heterocycles. The maximum Gasteiger partial charge on any atom is 0.197 e. The van der Waals surface area contributed by atoms with Crippen molar-refractivity contribution in [2.45, 2.75) is 45.1 Å². The summed E-state index contributed by atoms with van der Waals surface area (Å²) in [5.41, 5.74) is 0. The molecule has 1 saturated carbocycles. The van der Waals surface area contributed by atoms with Crippen LogP contribution in [0.2, 0.25) is 10.3 Å². The average molecular weight is 307 g/mol. The lowest BCUT2D eigenvalue weighted by molar-refractivity contribution is -0.000284. The third-order valence-corrected chi connectivity index (χ3v) is 3.97. The summed E-state index contributed by atoms with van der Waals surface area (Å²) in [6.45, 7) is 2.47. The molecule has 1 aromatic rings. The van der Waals surface area contributed by atoms with Gasteiger partial charge in [0, 0.05) is 6.61 Å². The van der Waals surface area contributed by atoms with Gasteiger partial charge in [0.1, 0.15) is 6.10 Å². The maximum absolute atomic E-state index is 13.4. The van der Waals surface area contributed by atoms with Crippen molar-refractivity contribution in [1.29, 1.82) is 0 Å². The molecular formula is C13H17Cl2FN2O. The summed E-state index contributed by atoms with van der Waals surface area (Å²) >= 11 is 11.5. The molecule has 1 unspecified atom stereocenters. The fraction of sp³-hybridized carbons (Fsp3) is 0.692. The Kier molecular flexibility index (Phi) is 5.37. The lowest BCUT2D eigenvalue weighted by atomic mass is 9.85. The minimum absolute atomic E-state index is 0.240. The zero-order valence-electron chi connectivity index (χ0n) is 10.8. The number of nitrogens with zero attached hydrogens (tertiary/aromatic N) is 2. The molecule has 1 aromatic heterocycles. The molecule has 1 aliphatic rings. The van der Waals surface area contributed by atoms with Crippen molar-refractivity contribution in [3.05, 3.63) is 21.9 Å². The molecule has 0 radical (unpaired) electrons. The molecule has 0 aromatic carbocycles. The predicted octanol–water partition coefficient (Wildman–Crippen LogP) is 4.58. The van der Waals surface area contributed by atoms with Crippen LogP contribution in [0.3, 0.4) is 0 Å². The predicted molar refractivity (Wildman–Crippen MR) is 73.0 cm³/mol. The molecule has 1 aliphatic carbocycles. The van der Waals surface area contributed by atoms with E-state index in [4.69, 9.17) is 27.9 Å². The van der Waals surface area contributed by atoms with E-state index in [-0.39, 0.29) is 16.4 Å². The Hall–Kier alpha value is -0.450. The Bertz CT molecular complexity index is 416. The maximum atomic E-state index is 13.4. The monoisotopic (exact) mass is 306 g/mol.